The van der Waals surface area contributed by atoms with E-state index < -0.39 is 0 Å². The number of hydrogen-bond donors (Lipinski definition) is 0. The van der Waals surface area contributed by atoms with Gasteiger partial charge in [0.15, 0.2) is 0 Å². The summed E-state index contributed by atoms with van der Waals surface area (Å²) < 4.78 is 10.4. The summed E-state index contributed by atoms with van der Waals surface area (Å²) >= 11 is 0. The summed E-state index contributed by atoms with van der Waals surface area (Å²) in [6.07, 6.45) is 8.60. The molecule has 1 aromatic rings. The van der Waals surface area contributed by atoms with Gasteiger partial charge in [0.2, 0.25) is 5.91 Å². The zero-order valence-electron chi connectivity index (χ0n) is 13.4. The van der Waals surface area contributed by atoms with E-state index in [4.69, 9.17) is 9.15 Å². The van der Waals surface area contributed by atoms with Crippen molar-refractivity contribution in [1.82, 2.24) is 9.80 Å². The normalized spacial score (nSPS) is 26.8. The zero-order valence-corrected chi connectivity index (χ0v) is 13.4. The van der Waals surface area contributed by atoms with Crippen LogP contribution in [0.15, 0.2) is 23.0 Å². The average Bonchev–Trinajstić information content (AvgIpc) is 3.06. The molecule has 3 heterocycles. The highest BCUT2D eigenvalue weighted by Gasteiger charge is 2.45. The molecule has 1 atom stereocenters. The van der Waals surface area contributed by atoms with E-state index >= 15 is 0 Å². The fraction of sp³-hybridized carbons (Fsp3) is 0.706. The first-order valence-corrected chi connectivity index (χ1v) is 8.26. The third kappa shape index (κ3) is 3.20. The molecule has 0 unspecified atom stereocenters. The summed E-state index contributed by atoms with van der Waals surface area (Å²) in [5.41, 5.74) is 1.30. The fourth-order valence-corrected chi connectivity index (χ4v) is 3.97. The van der Waals surface area contributed by atoms with E-state index in [9.17, 15) is 4.79 Å². The highest BCUT2D eigenvalue weighted by atomic mass is 16.5. The van der Waals surface area contributed by atoms with E-state index in [1.807, 2.05) is 12.3 Å². The van der Waals surface area contributed by atoms with Crippen molar-refractivity contribution in [3.05, 3.63) is 24.2 Å². The third-order valence-electron chi connectivity index (χ3n) is 5.19. The Hall–Kier alpha value is -1.33. The molecular formula is C17H26N2O3. The van der Waals surface area contributed by atoms with Gasteiger partial charge in [0.05, 0.1) is 19.1 Å². The van der Waals surface area contributed by atoms with Crippen LogP contribution < -0.4 is 0 Å². The van der Waals surface area contributed by atoms with Crippen LogP contribution in [0.2, 0.25) is 0 Å². The van der Waals surface area contributed by atoms with Gasteiger partial charge >= 0.3 is 0 Å². The third-order valence-corrected chi connectivity index (χ3v) is 5.19. The minimum atomic E-state index is 0.0702. The van der Waals surface area contributed by atoms with Crippen molar-refractivity contribution >= 4 is 5.91 Å². The summed E-state index contributed by atoms with van der Waals surface area (Å²) in [4.78, 5) is 16.8. The van der Waals surface area contributed by atoms with Gasteiger partial charge in [-0.2, -0.15) is 0 Å². The van der Waals surface area contributed by atoms with Gasteiger partial charge in [-0.3, -0.25) is 9.69 Å². The van der Waals surface area contributed by atoms with Crippen molar-refractivity contribution < 1.29 is 13.9 Å². The first-order chi connectivity index (χ1) is 10.7. The largest absolute Gasteiger partial charge is 0.472 e. The number of nitrogens with zero attached hydrogens (tertiary/aromatic N) is 2. The lowest BCUT2D eigenvalue weighted by Crippen LogP contribution is -2.47. The van der Waals surface area contributed by atoms with Crippen LogP contribution in [0.25, 0.3) is 0 Å². The van der Waals surface area contributed by atoms with Crippen molar-refractivity contribution in [3.63, 3.8) is 0 Å². The molecule has 0 saturated carbocycles. The maximum atomic E-state index is 12.2. The van der Waals surface area contributed by atoms with Crippen LogP contribution in [0.1, 0.15) is 37.7 Å². The Bertz CT molecular complexity index is 488. The molecule has 5 nitrogen and oxygen atoms in total. The van der Waals surface area contributed by atoms with Crippen molar-refractivity contribution in [2.45, 2.75) is 44.2 Å². The lowest BCUT2D eigenvalue weighted by molar-refractivity contribution is -0.132. The highest BCUT2D eigenvalue weighted by molar-refractivity contribution is 5.79. The molecule has 2 saturated heterocycles. The number of rotatable bonds is 5. The van der Waals surface area contributed by atoms with Crippen molar-refractivity contribution in [1.29, 1.82) is 0 Å². The molecule has 0 aliphatic carbocycles. The van der Waals surface area contributed by atoms with E-state index in [2.05, 4.69) is 9.80 Å². The number of ether oxygens (including phenoxy) is 1. The zero-order chi connectivity index (χ0) is 15.4. The van der Waals surface area contributed by atoms with Crippen LogP contribution in [0, 0.1) is 0 Å². The number of amides is 1. The minimum absolute atomic E-state index is 0.0702. The number of likely N-dealkylation sites (tertiary alicyclic amines) is 2. The summed E-state index contributed by atoms with van der Waals surface area (Å²) in [5.74, 6) is 0.306. The van der Waals surface area contributed by atoms with Crippen LogP contribution in [0.3, 0.4) is 0 Å². The van der Waals surface area contributed by atoms with Crippen LogP contribution in [-0.2, 0) is 16.1 Å². The second kappa shape index (κ2) is 6.84. The maximum absolute atomic E-state index is 12.2. The van der Waals surface area contributed by atoms with E-state index in [0.717, 1.165) is 51.9 Å². The average molecular weight is 306 g/mol. The van der Waals surface area contributed by atoms with E-state index in [0.29, 0.717) is 18.9 Å². The number of carbonyl (C=O) groups excluding carboxylic acids is 1. The molecule has 22 heavy (non-hydrogen) atoms. The van der Waals surface area contributed by atoms with Crippen LogP contribution in [0.4, 0.5) is 0 Å². The van der Waals surface area contributed by atoms with Gasteiger partial charge in [-0.15, -0.1) is 0 Å². The van der Waals surface area contributed by atoms with Gasteiger partial charge in [0.1, 0.15) is 0 Å². The van der Waals surface area contributed by atoms with Crippen molar-refractivity contribution in [3.8, 4) is 0 Å². The minimum Gasteiger partial charge on any atom is -0.472 e. The molecule has 0 bridgehead atoms. The number of furan rings is 1. The van der Waals surface area contributed by atoms with Gasteiger partial charge < -0.3 is 14.1 Å². The molecule has 122 valence electrons. The van der Waals surface area contributed by atoms with Gasteiger partial charge in [0, 0.05) is 44.3 Å². The van der Waals surface area contributed by atoms with Gasteiger partial charge in [-0.1, -0.05) is 0 Å². The Kier molecular flexibility index (Phi) is 4.84. The van der Waals surface area contributed by atoms with Gasteiger partial charge in [-0.05, 0) is 38.3 Å². The molecule has 2 fully saturated rings. The molecule has 0 aromatic carbocycles. The monoisotopic (exact) mass is 306 g/mol. The lowest BCUT2D eigenvalue weighted by Gasteiger charge is -2.38. The van der Waals surface area contributed by atoms with Crippen LogP contribution in [0.5, 0.6) is 0 Å². The second-order valence-electron chi connectivity index (χ2n) is 6.52. The summed E-state index contributed by atoms with van der Waals surface area (Å²) in [5, 5.41) is 0. The smallest absolute Gasteiger partial charge is 0.223 e. The summed E-state index contributed by atoms with van der Waals surface area (Å²) in [6.45, 7) is 4.45. The first-order valence-electron chi connectivity index (χ1n) is 8.26. The van der Waals surface area contributed by atoms with Gasteiger partial charge in [-0.25, -0.2) is 0 Å². The lowest BCUT2D eigenvalue weighted by atomic mass is 9.88. The standard InChI is InChI=1S/C17H26N2O3/c1-21-12-10-19-16(20)3-6-17(19)5-2-8-18(9-7-17)13-15-4-11-22-14-15/h4,11,14H,2-3,5-10,12-13H2,1H3/t17-/m0/s1. The summed E-state index contributed by atoms with van der Waals surface area (Å²) in [6, 6.07) is 2.03. The van der Waals surface area contributed by atoms with Gasteiger partial charge in [0.25, 0.3) is 0 Å². The predicted octanol–water partition coefficient (Wildman–Crippen LogP) is 2.27. The Morgan fingerprint density at radius 2 is 2.23 bits per heavy atom. The molecule has 1 spiro atoms. The molecule has 1 amide bonds. The van der Waals surface area contributed by atoms with E-state index in [1.165, 1.54) is 5.56 Å². The fourth-order valence-electron chi connectivity index (χ4n) is 3.97. The maximum Gasteiger partial charge on any atom is 0.223 e. The number of carbonyl (C=O) groups is 1. The number of methoxy groups -OCH3 is 1. The second-order valence-corrected chi connectivity index (χ2v) is 6.52. The Morgan fingerprint density at radius 1 is 1.32 bits per heavy atom. The van der Waals surface area contributed by atoms with Crippen LogP contribution in [-0.4, -0.2) is 54.6 Å². The topological polar surface area (TPSA) is 45.9 Å². The number of hydrogen-bond acceptors (Lipinski definition) is 4. The Morgan fingerprint density at radius 3 is 3.00 bits per heavy atom. The Labute approximate surface area is 132 Å². The molecule has 2 aliphatic heterocycles. The van der Waals surface area contributed by atoms with Crippen LogP contribution >= 0.6 is 0 Å². The Balaban J connectivity index is 1.64. The molecule has 1 aromatic heterocycles. The van der Waals surface area contributed by atoms with E-state index in [-0.39, 0.29) is 5.54 Å². The molecule has 0 N–H and O–H groups in total. The van der Waals surface area contributed by atoms with Crippen molar-refractivity contribution in [2.24, 2.45) is 0 Å². The SMILES string of the molecule is COCCN1C(=O)CC[C@]12CCCN(Cc1ccoc1)CC2. The predicted molar refractivity (Wildman–Crippen MR) is 83.4 cm³/mol. The first kappa shape index (κ1) is 15.6. The van der Waals surface area contributed by atoms with E-state index in [1.54, 1.807) is 13.4 Å². The quantitative estimate of drug-likeness (QED) is 0.837. The molecule has 5 heteroatoms. The molecular weight excluding hydrogens is 280 g/mol. The molecule has 3 rings (SSSR count). The summed E-state index contributed by atoms with van der Waals surface area (Å²) in [7, 11) is 1.70. The molecule has 2 aliphatic rings. The molecule has 0 radical (unpaired) electrons. The highest BCUT2D eigenvalue weighted by Crippen LogP contribution is 2.39. The van der Waals surface area contributed by atoms with Crippen molar-refractivity contribution in [2.75, 3.05) is 33.4 Å².